The zero-order chi connectivity index (χ0) is 27.1. The number of aryl methyl sites for hydroxylation is 1. The van der Waals surface area contributed by atoms with Crippen LogP contribution in [0.3, 0.4) is 0 Å². The highest BCUT2D eigenvalue weighted by atomic mass is 32.1. The lowest BCUT2D eigenvalue weighted by atomic mass is 10.1. The minimum Gasteiger partial charge on any atom is -0.391 e. The van der Waals surface area contributed by atoms with Crippen molar-refractivity contribution in [3.05, 3.63) is 94.2 Å². The van der Waals surface area contributed by atoms with Gasteiger partial charge >= 0.3 is 0 Å². The molecule has 4 aromatic rings. The predicted octanol–water partition coefficient (Wildman–Crippen LogP) is 5.28. The fraction of sp³-hybridized carbons (Fsp3) is 0.233. The molecule has 0 aliphatic carbocycles. The molecule has 4 heterocycles. The highest BCUT2D eigenvalue weighted by Gasteiger charge is 2.29. The molecule has 0 spiro atoms. The fourth-order valence-corrected chi connectivity index (χ4v) is 6.33. The first kappa shape index (κ1) is 25.2. The van der Waals surface area contributed by atoms with Crippen LogP contribution in [0.1, 0.15) is 37.7 Å². The maximum atomic E-state index is 14.3. The summed E-state index contributed by atoms with van der Waals surface area (Å²) in [5.41, 5.74) is 3.76. The molecular formula is C30H27FN4O3S. The minimum atomic E-state index is -0.473. The molecule has 2 aromatic carbocycles. The highest BCUT2D eigenvalue weighted by molar-refractivity contribution is 7.17. The van der Waals surface area contributed by atoms with Gasteiger partial charge in [0.15, 0.2) is 0 Å². The Morgan fingerprint density at radius 2 is 1.90 bits per heavy atom. The number of rotatable bonds is 4. The van der Waals surface area contributed by atoms with Gasteiger partial charge < -0.3 is 20.2 Å². The van der Waals surface area contributed by atoms with Gasteiger partial charge in [-0.1, -0.05) is 36.4 Å². The molecule has 2 amide bonds. The Balaban J connectivity index is 1.30. The molecule has 0 unspecified atom stereocenters. The molecule has 1 saturated heterocycles. The molecule has 0 radical (unpaired) electrons. The normalized spacial score (nSPS) is 16.4. The molecule has 0 bridgehead atoms. The molecule has 1 fully saturated rings. The molecule has 2 aliphatic rings. The first-order valence-electron chi connectivity index (χ1n) is 12.9. The van der Waals surface area contributed by atoms with E-state index < -0.39 is 5.82 Å². The first-order chi connectivity index (χ1) is 18.9. The van der Waals surface area contributed by atoms with Gasteiger partial charge in [-0.05, 0) is 61.2 Å². The maximum Gasteiger partial charge on any atom is 0.276 e. The number of nitrogens with one attached hydrogen (secondary N) is 1. The Hall–Kier alpha value is -4.08. The Morgan fingerprint density at radius 1 is 1.08 bits per heavy atom. The van der Waals surface area contributed by atoms with Crippen LogP contribution in [0.4, 0.5) is 21.6 Å². The van der Waals surface area contributed by atoms with Crippen molar-refractivity contribution < 1.29 is 19.1 Å². The molecule has 9 heteroatoms. The number of aliphatic hydroxyl groups is 1. The summed E-state index contributed by atoms with van der Waals surface area (Å²) in [6, 6.07) is 19.6. The average molecular weight is 543 g/mol. The number of β-amino-alcohol motifs (C(OH)–C–C–N with tert-alkyl or cyclic N) is 1. The molecular weight excluding hydrogens is 515 g/mol. The van der Waals surface area contributed by atoms with Gasteiger partial charge in [-0.2, -0.15) is 0 Å². The third-order valence-corrected chi connectivity index (χ3v) is 8.43. The molecule has 2 aromatic heterocycles. The summed E-state index contributed by atoms with van der Waals surface area (Å²) in [5, 5.41) is 12.6. The number of aliphatic hydroxyl groups excluding tert-OH is 1. The van der Waals surface area contributed by atoms with Crippen LogP contribution in [0.5, 0.6) is 0 Å². The number of hydrogen-bond donors (Lipinski definition) is 2. The molecule has 7 nitrogen and oxygen atoms in total. The number of fused-ring (bicyclic) bond motifs is 3. The van der Waals surface area contributed by atoms with Crippen molar-refractivity contribution in [2.75, 3.05) is 34.8 Å². The van der Waals surface area contributed by atoms with Gasteiger partial charge in [-0.3, -0.25) is 9.59 Å². The number of amides is 2. The Morgan fingerprint density at radius 3 is 2.69 bits per heavy atom. The number of anilines is 3. The maximum absolute atomic E-state index is 14.3. The van der Waals surface area contributed by atoms with Gasteiger partial charge in [0.05, 0.1) is 22.4 Å². The number of pyridine rings is 1. The smallest absolute Gasteiger partial charge is 0.276 e. The standard InChI is InChI=1S/C30H27FN4O3S/c1-18-6-4-8-22(31)27(18)33-29(37)25-16-19-12-15-35(24-10-3-2-7-21(24)28(19)39-25)30(38)23-9-5-11-26(32-23)34-14-13-20(36)17-34/h2-11,16,20,36H,12-15,17H2,1H3,(H,33,37)/t20-/m0/s1. The number of hydrogen-bond acceptors (Lipinski definition) is 6. The second kappa shape index (κ2) is 10.2. The van der Waals surface area contributed by atoms with Crippen LogP contribution in [0.2, 0.25) is 0 Å². The van der Waals surface area contributed by atoms with Crippen LogP contribution in [-0.2, 0) is 6.42 Å². The second-order valence-corrected chi connectivity index (χ2v) is 10.9. The number of para-hydroxylation sites is 2. The third-order valence-electron chi connectivity index (χ3n) is 7.22. The predicted molar refractivity (Wildman–Crippen MR) is 151 cm³/mol. The van der Waals surface area contributed by atoms with Crippen molar-refractivity contribution in [3.8, 4) is 10.4 Å². The molecule has 1 atom stereocenters. The number of carbonyl (C=O) groups is 2. The molecule has 2 N–H and O–H groups in total. The summed E-state index contributed by atoms with van der Waals surface area (Å²) in [4.78, 5) is 36.6. The van der Waals surface area contributed by atoms with Crippen molar-refractivity contribution in [3.63, 3.8) is 0 Å². The average Bonchev–Trinajstić information content (AvgIpc) is 3.54. The number of halogens is 1. The van der Waals surface area contributed by atoms with Gasteiger partial charge in [0.25, 0.3) is 11.8 Å². The van der Waals surface area contributed by atoms with E-state index in [4.69, 9.17) is 0 Å². The number of aromatic nitrogens is 1. The number of carbonyl (C=O) groups excluding carboxylic acids is 2. The zero-order valence-electron chi connectivity index (χ0n) is 21.4. The van der Waals surface area contributed by atoms with E-state index in [1.54, 1.807) is 30.0 Å². The van der Waals surface area contributed by atoms with Crippen LogP contribution < -0.4 is 15.1 Å². The summed E-state index contributed by atoms with van der Waals surface area (Å²) >= 11 is 1.34. The SMILES string of the molecule is Cc1cccc(F)c1NC(=O)c1cc2c(s1)-c1ccccc1N(C(=O)c1cccc(N3CC[C@H](O)C3)n1)CC2. The third kappa shape index (κ3) is 4.79. The fourth-order valence-electron chi connectivity index (χ4n) is 5.19. The second-order valence-electron chi connectivity index (χ2n) is 9.84. The van der Waals surface area contributed by atoms with Gasteiger partial charge in [-0.25, -0.2) is 9.37 Å². The molecule has 6 rings (SSSR count). The van der Waals surface area contributed by atoms with Gasteiger partial charge in [-0.15, -0.1) is 11.3 Å². The van der Waals surface area contributed by atoms with Gasteiger partial charge in [0, 0.05) is 30.1 Å². The summed E-state index contributed by atoms with van der Waals surface area (Å²) < 4.78 is 14.3. The van der Waals surface area contributed by atoms with E-state index >= 15 is 0 Å². The van der Waals surface area contributed by atoms with Crippen molar-refractivity contribution in [2.45, 2.75) is 25.9 Å². The molecule has 0 saturated carbocycles. The largest absolute Gasteiger partial charge is 0.391 e. The minimum absolute atomic E-state index is 0.182. The van der Waals surface area contributed by atoms with E-state index in [2.05, 4.69) is 10.3 Å². The Bertz CT molecular complexity index is 1570. The number of benzene rings is 2. The van der Waals surface area contributed by atoms with Gasteiger partial charge in [0.1, 0.15) is 17.3 Å². The monoisotopic (exact) mass is 542 g/mol. The summed E-state index contributed by atoms with van der Waals surface area (Å²) in [5.74, 6) is -0.355. The summed E-state index contributed by atoms with van der Waals surface area (Å²) in [6.45, 7) is 3.37. The quantitative estimate of drug-likeness (QED) is 0.366. The van der Waals surface area contributed by atoms with Crippen LogP contribution in [-0.4, -0.2) is 47.6 Å². The van der Waals surface area contributed by atoms with Crippen LogP contribution in [0, 0.1) is 12.7 Å². The van der Waals surface area contributed by atoms with E-state index in [9.17, 15) is 19.1 Å². The van der Waals surface area contributed by atoms with Crippen LogP contribution in [0.25, 0.3) is 10.4 Å². The Labute approximate surface area is 229 Å². The van der Waals surface area contributed by atoms with E-state index in [-0.39, 0.29) is 23.6 Å². The molecule has 198 valence electrons. The summed E-state index contributed by atoms with van der Waals surface area (Å²) in [7, 11) is 0. The van der Waals surface area contributed by atoms with E-state index in [1.807, 2.05) is 47.4 Å². The number of nitrogens with zero attached hydrogens (tertiary/aromatic N) is 3. The molecule has 2 aliphatic heterocycles. The lowest BCUT2D eigenvalue weighted by molar-refractivity contribution is 0.0981. The lowest BCUT2D eigenvalue weighted by Crippen LogP contribution is -2.33. The lowest BCUT2D eigenvalue weighted by Gasteiger charge is -2.23. The van der Waals surface area contributed by atoms with Crippen molar-refractivity contribution in [1.82, 2.24) is 4.98 Å². The van der Waals surface area contributed by atoms with Crippen LogP contribution in [0.15, 0.2) is 66.7 Å². The van der Waals surface area contributed by atoms with Crippen LogP contribution >= 0.6 is 11.3 Å². The van der Waals surface area contributed by atoms with E-state index in [0.717, 1.165) is 21.7 Å². The van der Waals surface area contributed by atoms with E-state index in [0.29, 0.717) is 54.4 Å². The van der Waals surface area contributed by atoms with Crippen molar-refractivity contribution in [1.29, 1.82) is 0 Å². The Kier molecular flexibility index (Phi) is 6.62. The summed E-state index contributed by atoms with van der Waals surface area (Å²) in [6.07, 6.45) is 0.850. The van der Waals surface area contributed by atoms with Crippen molar-refractivity contribution >= 4 is 40.3 Å². The zero-order valence-corrected chi connectivity index (χ0v) is 22.2. The number of thiophene rings is 1. The highest BCUT2D eigenvalue weighted by Crippen LogP contribution is 2.42. The van der Waals surface area contributed by atoms with E-state index in [1.165, 1.54) is 17.4 Å². The van der Waals surface area contributed by atoms with Gasteiger partial charge in [0.2, 0.25) is 0 Å². The van der Waals surface area contributed by atoms with Crippen molar-refractivity contribution in [2.24, 2.45) is 0 Å². The topological polar surface area (TPSA) is 85.8 Å². The molecule has 39 heavy (non-hydrogen) atoms. The first-order valence-corrected chi connectivity index (χ1v) is 13.7.